The molecule has 0 fully saturated rings. The van der Waals surface area contributed by atoms with Gasteiger partial charge in [0.15, 0.2) is 5.76 Å². The molecule has 1 aliphatic heterocycles. The summed E-state index contributed by atoms with van der Waals surface area (Å²) in [4.78, 5) is 13.5. The van der Waals surface area contributed by atoms with E-state index in [9.17, 15) is 4.79 Å². The maximum atomic E-state index is 12.5. The third-order valence-corrected chi connectivity index (χ3v) is 5.30. The van der Waals surface area contributed by atoms with E-state index in [0.717, 1.165) is 16.0 Å². The summed E-state index contributed by atoms with van der Waals surface area (Å²) in [6, 6.07) is 14.8. The van der Waals surface area contributed by atoms with E-state index in [1.54, 1.807) is 35.6 Å². The first kappa shape index (κ1) is 16.9. The zero-order valence-corrected chi connectivity index (χ0v) is 15.6. The van der Waals surface area contributed by atoms with Crippen LogP contribution in [-0.4, -0.2) is 5.78 Å². The summed E-state index contributed by atoms with van der Waals surface area (Å²) >= 11 is 7.57. The molecule has 0 spiro atoms. The average molecular weight is 383 g/mol. The van der Waals surface area contributed by atoms with Crippen LogP contribution in [0.3, 0.4) is 0 Å². The van der Waals surface area contributed by atoms with Crippen molar-refractivity contribution in [2.75, 3.05) is 0 Å². The Bertz CT molecular complexity index is 1020. The number of aryl methyl sites for hydroxylation is 1. The van der Waals surface area contributed by atoms with Gasteiger partial charge in [-0.1, -0.05) is 23.7 Å². The van der Waals surface area contributed by atoms with Gasteiger partial charge in [-0.15, -0.1) is 11.3 Å². The van der Waals surface area contributed by atoms with Crippen LogP contribution in [0.4, 0.5) is 0 Å². The molecule has 4 rings (SSSR count). The van der Waals surface area contributed by atoms with E-state index in [-0.39, 0.29) is 5.78 Å². The first-order valence-corrected chi connectivity index (χ1v) is 9.35. The normalized spacial score (nSPS) is 14.4. The highest BCUT2D eigenvalue weighted by molar-refractivity contribution is 7.11. The molecule has 0 aliphatic carbocycles. The number of benzene rings is 2. The minimum absolute atomic E-state index is 0.103. The number of allylic oxidation sites excluding steroid dienone is 1. The van der Waals surface area contributed by atoms with E-state index in [4.69, 9.17) is 21.1 Å². The summed E-state index contributed by atoms with van der Waals surface area (Å²) in [7, 11) is 0. The van der Waals surface area contributed by atoms with Crippen molar-refractivity contribution in [1.82, 2.24) is 0 Å². The third-order valence-electron chi connectivity index (χ3n) is 4.10. The largest absolute Gasteiger partial charge is 0.489 e. The highest BCUT2D eigenvalue weighted by Gasteiger charge is 2.28. The molecule has 0 saturated heterocycles. The molecular formula is C21H15ClO3S. The van der Waals surface area contributed by atoms with Crippen LogP contribution in [-0.2, 0) is 6.61 Å². The lowest BCUT2D eigenvalue weighted by molar-refractivity contribution is 0.101. The van der Waals surface area contributed by atoms with Crippen molar-refractivity contribution in [3.8, 4) is 11.5 Å². The van der Waals surface area contributed by atoms with Gasteiger partial charge < -0.3 is 9.47 Å². The van der Waals surface area contributed by atoms with Crippen molar-refractivity contribution in [2.45, 2.75) is 13.5 Å². The van der Waals surface area contributed by atoms with Gasteiger partial charge in [0.1, 0.15) is 18.1 Å². The first-order valence-electron chi connectivity index (χ1n) is 8.10. The third kappa shape index (κ3) is 3.39. The lowest BCUT2D eigenvalue weighted by Crippen LogP contribution is -1.97. The van der Waals surface area contributed by atoms with Gasteiger partial charge in [0.25, 0.3) is 0 Å². The fourth-order valence-corrected chi connectivity index (χ4v) is 3.76. The number of rotatable bonds is 4. The van der Waals surface area contributed by atoms with Crippen LogP contribution in [0.25, 0.3) is 6.08 Å². The van der Waals surface area contributed by atoms with Crippen molar-refractivity contribution >= 4 is 34.8 Å². The standard InChI is InChI=1S/C21H15ClO3S/c1-13-7-8-26-20(13)11-19-21(23)17-6-5-16(10-18(17)25-19)24-12-14-3-2-4-15(22)9-14/h2-11H,12H2,1H3. The highest BCUT2D eigenvalue weighted by atomic mass is 35.5. The van der Waals surface area contributed by atoms with Gasteiger partial charge in [0.05, 0.1) is 5.56 Å². The zero-order chi connectivity index (χ0) is 18.1. The Kier molecular flexibility index (Phi) is 4.53. The summed E-state index contributed by atoms with van der Waals surface area (Å²) in [6.07, 6.45) is 1.80. The quantitative estimate of drug-likeness (QED) is 0.526. The Labute approximate surface area is 160 Å². The number of carbonyl (C=O) groups excluding carboxylic acids is 1. The van der Waals surface area contributed by atoms with Gasteiger partial charge in [-0.3, -0.25) is 4.79 Å². The van der Waals surface area contributed by atoms with Crippen LogP contribution in [0, 0.1) is 6.92 Å². The maximum Gasteiger partial charge on any atom is 0.232 e. The van der Waals surface area contributed by atoms with Crippen LogP contribution < -0.4 is 9.47 Å². The predicted octanol–water partition coefficient (Wildman–Crippen LogP) is 5.91. The van der Waals surface area contributed by atoms with Crippen molar-refractivity contribution in [3.05, 3.63) is 86.3 Å². The van der Waals surface area contributed by atoms with E-state index >= 15 is 0 Å². The molecule has 0 N–H and O–H groups in total. The topological polar surface area (TPSA) is 35.5 Å². The molecule has 0 saturated carbocycles. The second-order valence-corrected chi connectivity index (χ2v) is 7.37. The number of ketones is 1. The number of carbonyl (C=O) groups is 1. The fraction of sp³-hybridized carbons (Fsp3) is 0.0952. The van der Waals surface area contributed by atoms with E-state index in [0.29, 0.717) is 34.5 Å². The number of halogens is 1. The molecule has 2 aromatic carbocycles. The molecule has 26 heavy (non-hydrogen) atoms. The summed E-state index contributed by atoms with van der Waals surface area (Å²) in [5.41, 5.74) is 2.66. The number of hydrogen-bond donors (Lipinski definition) is 0. The lowest BCUT2D eigenvalue weighted by atomic mass is 10.1. The summed E-state index contributed by atoms with van der Waals surface area (Å²) in [5.74, 6) is 1.41. The Balaban J connectivity index is 1.52. The average Bonchev–Trinajstić information content (AvgIpc) is 3.17. The van der Waals surface area contributed by atoms with Gasteiger partial charge in [-0.05, 0) is 53.8 Å². The van der Waals surface area contributed by atoms with E-state index in [1.165, 1.54) is 0 Å². The maximum absolute atomic E-state index is 12.5. The molecule has 2 heterocycles. The van der Waals surface area contributed by atoms with Crippen LogP contribution in [0.1, 0.15) is 26.4 Å². The molecule has 0 unspecified atom stereocenters. The molecule has 1 aromatic heterocycles. The first-order chi connectivity index (χ1) is 12.6. The second kappa shape index (κ2) is 6.98. The summed E-state index contributed by atoms with van der Waals surface area (Å²) < 4.78 is 11.6. The predicted molar refractivity (Wildman–Crippen MR) is 104 cm³/mol. The molecule has 5 heteroatoms. The Morgan fingerprint density at radius 3 is 2.85 bits per heavy atom. The number of fused-ring (bicyclic) bond motifs is 1. The monoisotopic (exact) mass is 382 g/mol. The molecule has 0 atom stereocenters. The molecule has 1 aliphatic rings. The highest BCUT2D eigenvalue weighted by Crippen LogP contribution is 2.35. The van der Waals surface area contributed by atoms with Crippen molar-refractivity contribution in [2.24, 2.45) is 0 Å². The lowest BCUT2D eigenvalue weighted by Gasteiger charge is -2.07. The number of Topliss-reactive ketones (excluding diaryl/α,β-unsaturated/α-hetero) is 1. The van der Waals surface area contributed by atoms with Crippen molar-refractivity contribution in [3.63, 3.8) is 0 Å². The van der Waals surface area contributed by atoms with Gasteiger partial charge in [0.2, 0.25) is 5.78 Å². The molecule has 3 nitrogen and oxygen atoms in total. The molecule has 130 valence electrons. The molecule has 0 bridgehead atoms. The van der Waals surface area contributed by atoms with Crippen LogP contribution in [0.5, 0.6) is 11.5 Å². The van der Waals surface area contributed by atoms with Crippen LogP contribution in [0.2, 0.25) is 5.02 Å². The second-order valence-electron chi connectivity index (χ2n) is 5.98. The number of hydrogen-bond acceptors (Lipinski definition) is 4. The molecule has 3 aromatic rings. The minimum atomic E-state index is -0.103. The van der Waals surface area contributed by atoms with Crippen molar-refractivity contribution in [1.29, 1.82) is 0 Å². The summed E-state index contributed by atoms with van der Waals surface area (Å²) in [5, 5.41) is 2.67. The molecule has 0 amide bonds. The van der Waals surface area contributed by atoms with Crippen molar-refractivity contribution < 1.29 is 14.3 Å². The van der Waals surface area contributed by atoms with Crippen LogP contribution >= 0.6 is 22.9 Å². The van der Waals surface area contributed by atoms with Gasteiger partial charge in [-0.25, -0.2) is 0 Å². The van der Waals surface area contributed by atoms with E-state index in [1.807, 2.05) is 42.6 Å². The Morgan fingerprint density at radius 1 is 1.19 bits per heavy atom. The smallest absolute Gasteiger partial charge is 0.232 e. The molecule has 0 radical (unpaired) electrons. The van der Waals surface area contributed by atoms with Crippen LogP contribution in [0.15, 0.2) is 59.7 Å². The molecular weight excluding hydrogens is 368 g/mol. The number of thiophene rings is 1. The Morgan fingerprint density at radius 2 is 2.08 bits per heavy atom. The number of ether oxygens (including phenoxy) is 2. The van der Waals surface area contributed by atoms with E-state index < -0.39 is 0 Å². The SMILES string of the molecule is Cc1ccsc1C=C1Oc2cc(OCc3cccc(Cl)c3)ccc2C1=O. The van der Waals surface area contributed by atoms with E-state index in [2.05, 4.69) is 0 Å². The van der Waals surface area contributed by atoms with Gasteiger partial charge >= 0.3 is 0 Å². The fourth-order valence-electron chi connectivity index (χ4n) is 2.70. The minimum Gasteiger partial charge on any atom is -0.489 e. The summed E-state index contributed by atoms with van der Waals surface area (Å²) in [6.45, 7) is 2.40. The van der Waals surface area contributed by atoms with Gasteiger partial charge in [-0.2, -0.15) is 0 Å². The van der Waals surface area contributed by atoms with Gasteiger partial charge in [0, 0.05) is 22.0 Å². The Hall–Kier alpha value is -2.56. The zero-order valence-electron chi connectivity index (χ0n) is 14.0.